The fourth-order valence-electron chi connectivity index (χ4n) is 3.14. The first-order chi connectivity index (χ1) is 14.7. The Kier molecular flexibility index (Phi) is 7.19. The van der Waals surface area contributed by atoms with Gasteiger partial charge in [-0.1, -0.05) is 30.3 Å². The molecule has 0 unspecified atom stereocenters. The molecular formula is C22H26N4O4S. The summed E-state index contributed by atoms with van der Waals surface area (Å²) < 4.78 is 26.8. The van der Waals surface area contributed by atoms with Crippen LogP contribution in [-0.2, 0) is 19.6 Å². The normalized spacial score (nSPS) is 13.9. The van der Waals surface area contributed by atoms with Crippen molar-refractivity contribution < 1.29 is 18.0 Å². The maximum absolute atomic E-state index is 12.4. The van der Waals surface area contributed by atoms with Gasteiger partial charge in [0.2, 0.25) is 21.8 Å². The molecule has 0 aromatic heterocycles. The van der Waals surface area contributed by atoms with Gasteiger partial charge in [-0.25, -0.2) is 18.1 Å². The SMILES string of the molecule is CC(C)NS(=O)(=O)c1ccc(NC(=O)CCC(=O)N2CCC(c3ccccc3)=N2)cc1. The second-order valence-corrected chi connectivity index (χ2v) is 9.24. The Labute approximate surface area is 182 Å². The second-order valence-electron chi connectivity index (χ2n) is 7.53. The molecule has 0 bridgehead atoms. The van der Waals surface area contributed by atoms with Crippen molar-refractivity contribution in [1.29, 1.82) is 0 Å². The fraction of sp³-hybridized carbons (Fsp3) is 0.318. The first kappa shape index (κ1) is 22.6. The van der Waals surface area contributed by atoms with E-state index in [9.17, 15) is 18.0 Å². The lowest BCUT2D eigenvalue weighted by atomic mass is 10.1. The Morgan fingerprint density at radius 2 is 1.71 bits per heavy atom. The largest absolute Gasteiger partial charge is 0.326 e. The first-order valence-electron chi connectivity index (χ1n) is 10.1. The highest BCUT2D eigenvalue weighted by molar-refractivity contribution is 7.89. The predicted molar refractivity (Wildman–Crippen MR) is 119 cm³/mol. The molecule has 0 saturated carbocycles. The number of hydrogen-bond donors (Lipinski definition) is 2. The van der Waals surface area contributed by atoms with E-state index in [4.69, 9.17) is 0 Å². The summed E-state index contributed by atoms with van der Waals surface area (Å²) in [5.74, 6) is -0.530. The van der Waals surface area contributed by atoms with Crippen molar-refractivity contribution in [2.45, 2.75) is 44.0 Å². The quantitative estimate of drug-likeness (QED) is 0.655. The summed E-state index contributed by atoms with van der Waals surface area (Å²) in [6.45, 7) is 3.98. The van der Waals surface area contributed by atoms with Crippen LogP contribution in [0.5, 0.6) is 0 Å². The fourth-order valence-corrected chi connectivity index (χ4v) is 4.39. The number of carbonyl (C=O) groups is 2. The molecule has 2 aromatic rings. The maximum Gasteiger partial charge on any atom is 0.243 e. The predicted octanol–water partition coefficient (Wildman–Crippen LogP) is 2.73. The molecule has 164 valence electrons. The molecule has 9 heteroatoms. The third-order valence-electron chi connectivity index (χ3n) is 4.60. The van der Waals surface area contributed by atoms with E-state index < -0.39 is 10.0 Å². The third-order valence-corrected chi connectivity index (χ3v) is 6.28. The van der Waals surface area contributed by atoms with Crippen LogP contribution in [0.15, 0.2) is 64.6 Å². The molecule has 2 amide bonds. The Morgan fingerprint density at radius 3 is 2.35 bits per heavy atom. The lowest BCUT2D eigenvalue weighted by molar-refractivity contribution is -0.132. The van der Waals surface area contributed by atoms with E-state index in [0.29, 0.717) is 18.7 Å². The van der Waals surface area contributed by atoms with Crippen LogP contribution < -0.4 is 10.0 Å². The van der Waals surface area contributed by atoms with Crippen LogP contribution in [0.4, 0.5) is 5.69 Å². The molecule has 31 heavy (non-hydrogen) atoms. The highest BCUT2D eigenvalue weighted by Crippen LogP contribution is 2.17. The monoisotopic (exact) mass is 442 g/mol. The van der Waals surface area contributed by atoms with Gasteiger partial charge >= 0.3 is 0 Å². The molecule has 1 heterocycles. The first-order valence-corrected chi connectivity index (χ1v) is 11.6. The zero-order valence-corrected chi connectivity index (χ0v) is 18.4. The molecule has 0 saturated heterocycles. The van der Waals surface area contributed by atoms with Crippen LogP contribution in [0.25, 0.3) is 0 Å². The number of sulfonamides is 1. The number of benzene rings is 2. The smallest absolute Gasteiger partial charge is 0.243 e. The minimum Gasteiger partial charge on any atom is -0.326 e. The number of carbonyl (C=O) groups excluding carboxylic acids is 2. The van der Waals surface area contributed by atoms with Crippen molar-refractivity contribution >= 4 is 33.2 Å². The van der Waals surface area contributed by atoms with Gasteiger partial charge in [0.1, 0.15) is 0 Å². The van der Waals surface area contributed by atoms with E-state index in [1.54, 1.807) is 13.8 Å². The molecule has 2 N–H and O–H groups in total. The molecule has 0 spiro atoms. The average molecular weight is 443 g/mol. The van der Waals surface area contributed by atoms with Gasteiger partial charge in [0, 0.05) is 31.0 Å². The van der Waals surface area contributed by atoms with Crippen molar-refractivity contribution in [3.05, 3.63) is 60.2 Å². The third kappa shape index (κ3) is 6.22. The Balaban J connectivity index is 1.50. The lowest BCUT2D eigenvalue weighted by Crippen LogP contribution is -2.30. The molecule has 8 nitrogen and oxygen atoms in total. The van der Waals surface area contributed by atoms with Gasteiger partial charge in [0.15, 0.2) is 0 Å². The maximum atomic E-state index is 12.4. The van der Waals surface area contributed by atoms with Crippen LogP contribution >= 0.6 is 0 Å². The van der Waals surface area contributed by atoms with Gasteiger partial charge in [-0.05, 0) is 43.7 Å². The highest BCUT2D eigenvalue weighted by atomic mass is 32.2. The molecule has 0 radical (unpaired) electrons. The number of hydrogen-bond acceptors (Lipinski definition) is 5. The summed E-state index contributed by atoms with van der Waals surface area (Å²) in [7, 11) is -3.59. The summed E-state index contributed by atoms with van der Waals surface area (Å²) in [4.78, 5) is 24.7. The lowest BCUT2D eigenvalue weighted by Gasteiger charge is -2.12. The van der Waals surface area contributed by atoms with Gasteiger partial charge < -0.3 is 5.32 Å². The van der Waals surface area contributed by atoms with Gasteiger partial charge in [-0.2, -0.15) is 5.10 Å². The summed E-state index contributed by atoms with van der Waals surface area (Å²) >= 11 is 0. The molecule has 0 fully saturated rings. The molecule has 1 aliphatic heterocycles. The van der Waals surface area contributed by atoms with Gasteiger partial charge in [0.25, 0.3) is 0 Å². The van der Waals surface area contributed by atoms with E-state index in [0.717, 1.165) is 11.3 Å². The Morgan fingerprint density at radius 1 is 1.03 bits per heavy atom. The number of amides is 2. The zero-order valence-electron chi connectivity index (χ0n) is 17.5. The molecule has 1 aliphatic rings. The van der Waals surface area contributed by atoms with E-state index in [1.165, 1.54) is 29.3 Å². The van der Waals surface area contributed by atoms with Crippen molar-refractivity contribution in [1.82, 2.24) is 9.73 Å². The van der Waals surface area contributed by atoms with Crippen molar-refractivity contribution in [2.24, 2.45) is 5.10 Å². The van der Waals surface area contributed by atoms with Crippen molar-refractivity contribution in [3.63, 3.8) is 0 Å². The molecule has 3 rings (SSSR count). The number of anilines is 1. The molecular weight excluding hydrogens is 416 g/mol. The Hall–Kier alpha value is -3.04. The van der Waals surface area contributed by atoms with E-state index in [1.807, 2.05) is 30.3 Å². The summed E-state index contributed by atoms with van der Waals surface area (Å²) in [5.41, 5.74) is 2.32. The topological polar surface area (TPSA) is 108 Å². The van der Waals surface area contributed by atoms with Gasteiger partial charge in [-0.15, -0.1) is 0 Å². The van der Waals surface area contributed by atoms with Crippen LogP contribution in [0, 0.1) is 0 Å². The summed E-state index contributed by atoms with van der Waals surface area (Å²) in [6.07, 6.45) is 0.742. The number of rotatable bonds is 8. The molecule has 2 aromatic carbocycles. The number of nitrogens with one attached hydrogen (secondary N) is 2. The van der Waals surface area contributed by atoms with Crippen molar-refractivity contribution in [2.75, 3.05) is 11.9 Å². The minimum absolute atomic E-state index is 0.0144. The summed E-state index contributed by atoms with van der Waals surface area (Å²) in [6, 6.07) is 15.4. The van der Waals surface area contributed by atoms with E-state index in [2.05, 4.69) is 15.1 Å². The molecule has 0 aliphatic carbocycles. The van der Waals surface area contributed by atoms with Crippen molar-refractivity contribution in [3.8, 4) is 0 Å². The highest BCUT2D eigenvalue weighted by Gasteiger charge is 2.22. The van der Waals surface area contributed by atoms with Crippen LogP contribution in [0.3, 0.4) is 0 Å². The average Bonchev–Trinajstić information content (AvgIpc) is 3.22. The summed E-state index contributed by atoms with van der Waals surface area (Å²) in [5, 5.41) is 8.47. The minimum atomic E-state index is -3.59. The van der Waals surface area contributed by atoms with E-state index >= 15 is 0 Å². The molecule has 0 atom stereocenters. The van der Waals surface area contributed by atoms with Crippen LogP contribution in [-0.4, -0.2) is 43.5 Å². The number of nitrogens with zero attached hydrogens (tertiary/aromatic N) is 2. The van der Waals surface area contributed by atoms with Gasteiger partial charge in [-0.3, -0.25) is 9.59 Å². The second kappa shape index (κ2) is 9.84. The van der Waals surface area contributed by atoms with Crippen LogP contribution in [0.1, 0.15) is 38.7 Å². The van der Waals surface area contributed by atoms with Gasteiger partial charge in [0.05, 0.1) is 17.2 Å². The van der Waals surface area contributed by atoms with E-state index in [-0.39, 0.29) is 35.6 Å². The van der Waals surface area contributed by atoms with Crippen LogP contribution in [0.2, 0.25) is 0 Å². The number of hydrazone groups is 1. The Bertz CT molecular complexity index is 1060. The standard InChI is InChI=1S/C22H26N4O4S/c1-16(2)25-31(29,30)19-10-8-18(9-11-19)23-21(27)12-13-22(28)26-15-14-20(24-26)17-6-4-3-5-7-17/h3-11,16,25H,12-15H2,1-2H3,(H,23,27). The zero-order chi connectivity index (χ0) is 22.4.